The second kappa shape index (κ2) is 7.68. The van der Waals surface area contributed by atoms with Crippen LogP contribution in [0.1, 0.15) is 31.8 Å². The molecule has 0 amide bonds. The van der Waals surface area contributed by atoms with Gasteiger partial charge < -0.3 is 39.7 Å². The van der Waals surface area contributed by atoms with Crippen LogP contribution in [0.4, 0.5) is 0 Å². The quantitative estimate of drug-likeness (QED) is 0.322. The summed E-state index contributed by atoms with van der Waals surface area (Å²) in [7, 11) is 1.22. The maximum absolute atomic E-state index is 13.1. The molecule has 0 bridgehead atoms. The first-order valence-corrected chi connectivity index (χ1v) is 9.37. The largest absolute Gasteiger partial charge is 0.492 e. The molecular formula is C21H20O10. The Bertz CT molecular complexity index is 1050. The molecule has 0 aromatic heterocycles. The number of hydrogen-bond acceptors (Lipinski definition) is 10. The minimum Gasteiger partial charge on any atom is -0.492 e. The third-order valence-electron chi connectivity index (χ3n) is 5.40. The number of carbonyl (C=O) groups excluding carboxylic acids is 2. The van der Waals surface area contributed by atoms with Gasteiger partial charge in [-0.15, -0.1) is 0 Å². The van der Waals surface area contributed by atoms with Crippen molar-refractivity contribution in [3.8, 4) is 11.5 Å². The van der Waals surface area contributed by atoms with Crippen LogP contribution in [-0.2, 0) is 4.74 Å². The molecule has 2 aromatic rings. The summed E-state index contributed by atoms with van der Waals surface area (Å²) >= 11 is 0. The number of carbonyl (C=O) groups is 2. The van der Waals surface area contributed by atoms with E-state index in [9.17, 15) is 35.1 Å². The third kappa shape index (κ3) is 3.21. The van der Waals surface area contributed by atoms with Crippen LogP contribution >= 0.6 is 0 Å². The molecule has 5 N–H and O–H groups in total. The van der Waals surface area contributed by atoms with Gasteiger partial charge in [0.25, 0.3) is 0 Å². The first-order chi connectivity index (χ1) is 14.7. The van der Waals surface area contributed by atoms with Crippen molar-refractivity contribution in [1.82, 2.24) is 0 Å². The molecule has 0 radical (unpaired) electrons. The summed E-state index contributed by atoms with van der Waals surface area (Å²) in [5.74, 6) is -4.28. The van der Waals surface area contributed by atoms with Crippen molar-refractivity contribution >= 4 is 11.6 Å². The van der Waals surface area contributed by atoms with Crippen LogP contribution in [0.3, 0.4) is 0 Å². The molecular weight excluding hydrogens is 412 g/mol. The van der Waals surface area contributed by atoms with Crippen LogP contribution in [-0.4, -0.2) is 81.2 Å². The van der Waals surface area contributed by atoms with Crippen LogP contribution in [0.15, 0.2) is 36.4 Å². The number of ketones is 2. The Balaban J connectivity index is 1.78. The normalized spacial score (nSPS) is 29.9. The minimum absolute atomic E-state index is 0.0636. The van der Waals surface area contributed by atoms with E-state index in [1.165, 1.54) is 31.4 Å². The fourth-order valence-corrected chi connectivity index (χ4v) is 3.79. The molecule has 1 aliphatic carbocycles. The van der Waals surface area contributed by atoms with Gasteiger partial charge in [-0.25, -0.2) is 0 Å². The minimum atomic E-state index is -2.90. The molecule has 31 heavy (non-hydrogen) atoms. The van der Waals surface area contributed by atoms with E-state index >= 15 is 0 Å². The summed E-state index contributed by atoms with van der Waals surface area (Å²) in [6.07, 6.45) is -7.20. The SMILES string of the molecule is COc1c(O[C@@]2(O)O[C@H](CO)[C@@H](O)[C@H](O)[C@H]2O)ccc2c1C(=O)c1ccccc1C2=O. The number of aliphatic hydroxyl groups is 5. The summed E-state index contributed by atoms with van der Waals surface area (Å²) in [5.41, 5.74) is 0.371. The van der Waals surface area contributed by atoms with E-state index in [1.807, 2.05) is 0 Å². The molecule has 2 aromatic carbocycles. The Morgan fingerprint density at radius 3 is 2.23 bits per heavy atom. The second-order valence-electron chi connectivity index (χ2n) is 7.22. The predicted octanol–water partition coefficient (Wildman–Crippen LogP) is -1.03. The van der Waals surface area contributed by atoms with Gasteiger partial charge in [-0.05, 0) is 12.1 Å². The average molecular weight is 432 g/mol. The number of hydrogen-bond donors (Lipinski definition) is 5. The molecule has 0 spiro atoms. The van der Waals surface area contributed by atoms with E-state index in [4.69, 9.17) is 14.2 Å². The van der Waals surface area contributed by atoms with E-state index in [0.29, 0.717) is 0 Å². The maximum atomic E-state index is 13.1. The fourth-order valence-electron chi connectivity index (χ4n) is 3.79. The van der Waals surface area contributed by atoms with Gasteiger partial charge in [-0.1, -0.05) is 24.3 Å². The van der Waals surface area contributed by atoms with E-state index in [0.717, 1.165) is 0 Å². The average Bonchev–Trinajstić information content (AvgIpc) is 2.78. The lowest BCUT2D eigenvalue weighted by molar-refractivity contribution is -0.422. The number of aliphatic hydroxyl groups excluding tert-OH is 4. The zero-order valence-corrected chi connectivity index (χ0v) is 16.3. The van der Waals surface area contributed by atoms with E-state index in [-0.39, 0.29) is 33.8 Å². The highest BCUT2D eigenvalue weighted by molar-refractivity contribution is 6.29. The van der Waals surface area contributed by atoms with Gasteiger partial charge >= 0.3 is 5.97 Å². The standard InChI is InChI=1S/C21H20O10/c1-29-19-12(30-21(28)20(27)18(26)17(25)13(8-22)31-21)7-6-11-14(19)16(24)10-5-3-2-4-9(10)15(11)23/h2-7,13,17-18,20,22,25-28H,8H2,1H3/t13-,17-,18+,20-,21-/m1/s1. The Kier molecular flexibility index (Phi) is 5.30. The highest BCUT2D eigenvalue weighted by Crippen LogP contribution is 2.42. The van der Waals surface area contributed by atoms with Crippen LogP contribution in [0.2, 0.25) is 0 Å². The molecule has 10 nitrogen and oxygen atoms in total. The Hall–Kier alpha value is -2.86. The molecule has 1 fully saturated rings. The second-order valence-corrected chi connectivity index (χ2v) is 7.22. The summed E-state index contributed by atoms with van der Waals surface area (Å²) in [6.45, 7) is -0.790. The molecule has 1 saturated heterocycles. The maximum Gasteiger partial charge on any atom is 0.355 e. The number of methoxy groups -OCH3 is 1. The topological polar surface area (TPSA) is 163 Å². The highest BCUT2D eigenvalue weighted by atomic mass is 16.8. The van der Waals surface area contributed by atoms with Gasteiger partial charge in [0.05, 0.1) is 19.3 Å². The molecule has 5 atom stereocenters. The van der Waals surface area contributed by atoms with Crippen molar-refractivity contribution in [2.75, 3.05) is 13.7 Å². The molecule has 0 unspecified atom stereocenters. The zero-order valence-electron chi connectivity index (χ0n) is 16.3. The van der Waals surface area contributed by atoms with Crippen molar-refractivity contribution in [3.05, 3.63) is 58.7 Å². The van der Waals surface area contributed by atoms with Gasteiger partial charge in [0, 0.05) is 16.7 Å². The Morgan fingerprint density at radius 2 is 1.61 bits per heavy atom. The predicted molar refractivity (Wildman–Crippen MR) is 102 cm³/mol. The molecule has 4 rings (SSSR count). The lowest BCUT2D eigenvalue weighted by Gasteiger charge is -2.44. The molecule has 1 aliphatic heterocycles. The summed E-state index contributed by atoms with van der Waals surface area (Å²) in [6, 6.07) is 8.81. The summed E-state index contributed by atoms with van der Waals surface area (Å²) < 4.78 is 15.8. The summed E-state index contributed by atoms with van der Waals surface area (Å²) in [5, 5.41) is 50.1. The monoisotopic (exact) mass is 432 g/mol. The Morgan fingerprint density at radius 1 is 0.968 bits per heavy atom. The van der Waals surface area contributed by atoms with Crippen molar-refractivity contribution in [2.45, 2.75) is 30.4 Å². The van der Waals surface area contributed by atoms with E-state index in [2.05, 4.69) is 0 Å². The Labute approximate surface area is 175 Å². The van der Waals surface area contributed by atoms with Gasteiger partial charge in [0.1, 0.15) is 18.3 Å². The van der Waals surface area contributed by atoms with Crippen molar-refractivity contribution in [2.24, 2.45) is 0 Å². The number of benzene rings is 2. The van der Waals surface area contributed by atoms with Gasteiger partial charge in [0.2, 0.25) is 0 Å². The van der Waals surface area contributed by atoms with E-state index in [1.54, 1.807) is 12.1 Å². The first-order valence-electron chi connectivity index (χ1n) is 9.37. The lowest BCUT2D eigenvalue weighted by Crippen LogP contribution is -2.67. The molecule has 10 heteroatoms. The molecule has 164 valence electrons. The molecule has 2 aliphatic rings. The number of fused-ring (bicyclic) bond motifs is 2. The van der Waals surface area contributed by atoms with Gasteiger partial charge in [-0.2, -0.15) is 0 Å². The van der Waals surface area contributed by atoms with Crippen molar-refractivity contribution in [3.63, 3.8) is 0 Å². The third-order valence-corrected chi connectivity index (χ3v) is 5.40. The van der Waals surface area contributed by atoms with Crippen LogP contribution < -0.4 is 9.47 Å². The highest BCUT2D eigenvalue weighted by Gasteiger charge is 2.55. The number of ether oxygens (including phenoxy) is 3. The number of rotatable bonds is 4. The smallest absolute Gasteiger partial charge is 0.355 e. The molecule has 0 saturated carbocycles. The van der Waals surface area contributed by atoms with Crippen LogP contribution in [0, 0.1) is 0 Å². The van der Waals surface area contributed by atoms with Gasteiger partial charge in [0.15, 0.2) is 29.2 Å². The molecule has 1 heterocycles. The zero-order chi connectivity index (χ0) is 22.5. The van der Waals surface area contributed by atoms with Crippen LogP contribution in [0.5, 0.6) is 11.5 Å². The lowest BCUT2D eigenvalue weighted by atomic mass is 9.83. The van der Waals surface area contributed by atoms with Crippen molar-refractivity contribution < 1.29 is 49.3 Å². The fraction of sp³-hybridized carbons (Fsp3) is 0.333. The van der Waals surface area contributed by atoms with Crippen molar-refractivity contribution in [1.29, 1.82) is 0 Å². The van der Waals surface area contributed by atoms with E-state index < -0.39 is 48.6 Å². The van der Waals surface area contributed by atoms with Crippen LogP contribution in [0.25, 0.3) is 0 Å². The summed E-state index contributed by atoms with van der Waals surface area (Å²) in [4.78, 5) is 25.9. The van der Waals surface area contributed by atoms with Gasteiger partial charge in [-0.3, -0.25) is 9.59 Å². The first kappa shape index (κ1) is 21.4.